The number of hydrogen-bond donors (Lipinski definition) is 2. The molecule has 1 aromatic heterocycles. The summed E-state index contributed by atoms with van der Waals surface area (Å²) in [5.74, 6) is 0.284. The number of nitrogens with two attached hydrogens (primary N) is 1. The first-order chi connectivity index (χ1) is 9.76. The molecule has 21 heavy (non-hydrogen) atoms. The van der Waals surface area contributed by atoms with Gasteiger partial charge in [0, 0.05) is 12.1 Å². The zero-order valence-electron chi connectivity index (χ0n) is 11.7. The zero-order valence-corrected chi connectivity index (χ0v) is 13.3. The van der Waals surface area contributed by atoms with Crippen LogP contribution in [0.5, 0.6) is 5.75 Å². The number of nitrogen functional groups attached to an aromatic ring is 1. The molecule has 0 saturated carbocycles. The number of anilines is 2. The molecule has 2 rings (SSSR count). The van der Waals surface area contributed by atoms with Gasteiger partial charge in [0.25, 0.3) is 10.0 Å². The largest absolute Gasteiger partial charge is 0.495 e. The first-order valence-corrected chi connectivity index (χ1v) is 7.78. The van der Waals surface area contributed by atoms with E-state index < -0.39 is 10.0 Å². The normalized spacial score (nSPS) is 11.4. The minimum atomic E-state index is -3.90. The molecule has 0 aliphatic heterocycles. The molecule has 2 aromatic rings. The molecule has 0 amide bonds. The Hall–Kier alpha value is -1.93. The average Bonchev–Trinajstić information content (AvgIpc) is 2.63. The van der Waals surface area contributed by atoms with Crippen LogP contribution in [0.4, 0.5) is 11.5 Å². The van der Waals surface area contributed by atoms with Crippen LogP contribution in [0.15, 0.2) is 23.1 Å². The second kappa shape index (κ2) is 5.45. The fraction of sp³-hybridized carbons (Fsp3) is 0.250. The highest BCUT2D eigenvalue weighted by Crippen LogP contribution is 2.31. The summed E-state index contributed by atoms with van der Waals surface area (Å²) < 4.78 is 33.9. The Labute approximate surface area is 127 Å². The Morgan fingerprint density at radius 1 is 1.43 bits per heavy atom. The number of methoxy groups -OCH3 is 1. The lowest BCUT2D eigenvalue weighted by Crippen LogP contribution is -2.16. The molecular formula is C12H15ClN4O3S. The number of nitrogens with zero attached hydrogens (tertiary/aromatic N) is 2. The number of halogens is 1. The highest BCUT2D eigenvalue weighted by molar-refractivity contribution is 7.93. The van der Waals surface area contributed by atoms with Crippen LogP contribution in [-0.4, -0.2) is 25.3 Å². The number of sulfonamides is 1. The van der Waals surface area contributed by atoms with Crippen molar-refractivity contribution in [2.24, 2.45) is 7.05 Å². The predicted octanol–water partition coefficient (Wildman–Crippen LogP) is 1.77. The van der Waals surface area contributed by atoms with Gasteiger partial charge in [-0.25, -0.2) is 8.42 Å². The van der Waals surface area contributed by atoms with Crippen molar-refractivity contribution in [1.29, 1.82) is 0 Å². The topological polar surface area (TPSA) is 99.2 Å². The molecule has 0 bridgehead atoms. The third-order valence-electron chi connectivity index (χ3n) is 2.98. The maximum atomic E-state index is 12.5. The van der Waals surface area contributed by atoms with Crippen molar-refractivity contribution >= 4 is 33.1 Å². The van der Waals surface area contributed by atoms with E-state index in [1.807, 2.05) is 0 Å². The second-order valence-corrected chi connectivity index (χ2v) is 6.43. The summed E-state index contributed by atoms with van der Waals surface area (Å²) in [6.45, 7) is 1.62. The highest BCUT2D eigenvalue weighted by atomic mass is 35.5. The van der Waals surface area contributed by atoms with Crippen LogP contribution in [0.25, 0.3) is 0 Å². The molecular weight excluding hydrogens is 316 g/mol. The number of benzene rings is 1. The molecule has 9 heteroatoms. The molecule has 1 aromatic carbocycles. The molecule has 1 heterocycles. The lowest BCUT2D eigenvalue weighted by atomic mass is 10.3. The van der Waals surface area contributed by atoms with E-state index in [-0.39, 0.29) is 16.4 Å². The second-order valence-electron chi connectivity index (χ2n) is 4.37. The third kappa shape index (κ3) is 2.91. The molecule has 114 valence electrons. The van der Waals surface area contributed by atoms with E-state index in [4.69, 9.17) is 22.1 Å². The number of hydrogen-bond acceptors (Lipinski definition) is 5. The van der Waals surface area contributed by atoms with Crippen molar-refractivity contribution in [3.63, 3.8) is 0 Å². The van der Waals surface area contributed by atoms with Crippen LogP contribution < -0.4 is 15.2 Å². The summed E-state index contributed by atoms with van der Waals surface area (Å²) in [5.41, 5.74) is 6.33. The summed E-state index contributed by atoms with van der Waals surface area (Å²) in [6, 6.07) is 4.63. The van der Waals surface area contributed by atoms with Gasteiger partial charge in [0.15, 0.2) is 10.7 Å². The number of nitrogens with one attached hydrogen (secondary N) is 1. The van der Waals surface area contributed by atoms with Gasteiger partial charge in [0.2, 0.25) is 0 Å². The Morgan fingerprint density at radius 3 is 2.62 bits per heavy atom. The van der Waals surface area contributed by atoms with Crippen LogP contribution in [-0.2, 0) is 17.1 Å². The Morgan fingerprint density at radius 2 is 2.10 bits per heavy atom. The monoisotopic (exact) mass is 330 g/mol. The van der Waals surface area contributed by atoms with Gasteiger partial charge in [-0.3, -0.25) is 9.40 Å². The maximum absolute atomic E-state index is 12.5. The Bertz CT molecular complexity index is 786. The third-order valence-corrected chi connectivity index (χ3v) is 4.74. The number of aromatic nitrogens is 2. The number of ether oxygens (including phenoxy) is 1. The van der Waals surface area contributed by atoms with E-state index in [9.17, 15) is 8.42 Å². The van der Waals surface area contributed by atoms with Crippen molar-refractivity contribution in [1.82, 2.24) is 9.78 Å². The van der Waals surface area contributed by atoms with E-state index in [2.05, 4.69) is 9.82 Å². The van der Waals surface area contributed by atoms with Gasteiger partial charge in [-0.05, 0) is 25.1 Å². The van der Waals surface area contributed by atoms with Gasteiger partial charge >= 0.3 is 0 Å². The van der Waals surface area contributed by atoms with Crippen LogP contribution in [0, 0.1) is 6.92 Å². The molecule has 0 aliphatic rings. The SMILES string of the molecule is COc1ccc(Cl)cc1NS(=O)(=O)c1c(N)nn(C)c1C. The van der Waals surface area contributed by atoms with E-state index in [0.29, 0.717) is 16.5 Å². The molecule has 0 atom stereocenters. The Balaban J connectivity index is 2.50. The fourth-order valence-corrected chi connectivity index (χ4v) is 3.46. The van der Waals surface area contributed by atoms with E-state index in [1.54, 1.807) is 26.1 Å². The van der Waals surface area contributed by atoms with Crippen molar-refractivity contribution in [2.45, 2.75) is 11.8 Å². The Kier molecular flexibility index (Phi) is 4.02. The van der Waals surface area contributed by atoms with Crippen LogP contribution in [0.3, 0.4) is 0 Å². The maximum Gasteiger partial charge on any atom is 0.267 e. The van der Waals surface area contributed by atoms with Gasteiger partial charge in [-0.1, -0.05) is 11.6 Å². The average molecular weight is 331 g/mol. The summed E-state index contributed by atoms with van der Waals surface area (Å²) in [7, 11) is -0.849. The standard InChI is InChI=1S/C12H15ClN4O3S/c1-7-11(12(14)15-17(7)2)21(18,19)16-9-6-8(13)4-5-10(9)20-3/h4-6,16H,1-3H3,(H2,14,15). The fourth-order valence-electron chi connectivity index (χ4n) is 1.90. The van der Waals surface area contributed by atoms with E-state index >= 15 is 0 Å². The van der Waals surface area contributed by atoms with Crippen molar-refractivity contribution in [3.8, 4) is 5.75 Å². The van der Waals surface area contributed by atoms with Gasteiger partial charge in [0.1, 0.15) is 5.75 Å². The summed E-state index contributed by atoms with van der Waals surface area (Å²) >= 11 is 5.88. The van der Waals surface area contributed by atoms with Crippen molar-refractivity contribution in [3.05, 3.63) is 28.9 Å². The van der Waals surface area contributed by atoms with Crippen molar-refractivity contribution < 1.29 is 13.2 Å². The molecule has 0 radical (unpaired) electrons. The minimum absolute atomic E-state index is 0.0629. The molecule has 0 fully saturated rings. The lowest BCUT2D eigenvalue weighted by molar-refractivity contribution is 0.417. The summed E-state index contributed by atoms with van der Waals surface area (Å²) in [5, 5.41) is 4.28. The molecule has 0 spiro atoms. The predicted molar refractivity (Wildman–Crippen MR) is 81.2 cm³/mol. The highest BCUT2D eigenvalue weighted by Gasteiger charge is 2.25. The smallest absolute Gasteiger partial charge is 0.267 e. The van der Waals surface area contributed by atoms with Crippen molar-refractivity contribution in [2.75, 3.05) is 17.6 Å². The van der Waals surface area contributed by atoms with E-state index in [0.717, 1.165) is 0 Å². The zero-order chi connectivity index (χ0) is 15.8. The quantitative estimate of drug-likeness (QED) is 0.890. The minimum Gasteiger partial charge on any atom is -0.495 e. The molecule has 0 aliphatic carbocycles. The van der Waals surface area contributed by atoms with Crippen LogP contribution in [0.1, 0.15) is 5.69 Å². The first-order valence-electron chi connectivity index (χ1n) is 5.91. The van der Waals surface area contributed by atoms with Crippen LogP contribution >= 0.6 is 11.6 Å². The van der Waals surface area contributed by atoms with E-state index in [1.165, 1.54) is 17.9 Å². The van der Waals surface area contributed by atoms with Crippen LogP contribution in [0.2, 0.25) is 5.02 Å². The molecule has 0 unspecified atom stereocenters. The molecule has 7 nitrogen and oxygen atoms in total. The van der Waals surface area contributed by atoms with Gasteiger partial charge < -0.3 is 10.5 Å². The summed E-state index contributed by atoms with van der Waals surface area (Å²) in [6.07, 6.45) is 0. The van der Waals surface area contributed by atoms with Gasteiger partial charge in [0.05, 0.1) is 18.5 Å². The first kappa shape index (κ1) is 15.5. The molecule has 0 saturated heterocycles. The lowest BCUT2D eigenvalue weighted by Gasteiger charge is -2.12. The number of aryl methyl sites for hydroxylation is 1. The van der Waals surface area contributed by atoms with Gasteiger partial charge in [-0.2, -0.15) is 5.10 Å². The summed E-state index contributed by atoms with van der Waals surface area (Å²) in [4.78, 5) is -0.0629. The molecule has 3 N–H and O–H groups in total. The van der Waals surface area contributed by atoms with Gasteiger partial charge in [-0.15, -0.1) is 0 Å². The number of rotatable bonds is 4.